The monoisotopic (exact) mass is 253 g/mol. The quantitative estimate of drug-likeness (QED) is 0.901. The van der Waals surface area contributed by atoms with Gasteiger partial charge in [0, 0.05) is 11.6 Å². The van der Waals surface area contributed by atoms with Gasteiger partial charge in [0.15, 0.2) is 0 Å². The first-order valence-corrected chi connectivity index (χ1v) is 5.72. The number of benzene rings is 1. The van der Waals surface area contributed by atoms with E-state index in [1.807, 2.05) is 19.2 Å². The number of halogens is 2. The third kappa shape index (κ3) is 2.68. The predicted molar refractivity (Wildman–Crippen MR) is 65.6 cm³/mol. The first-order chi connectivity index (χ1) is 8.22. The molecular weight excluding hydrogens is 241 g/mol. The molecule has 0 saturated carbocycles. The summed E-state index contributed by atoms with van der Waals surface area (Å²) in [5.41, 5.74) is 1.81. The normalized spacial score (nSPS) is 12.6. The average molecular weight is 254 g/mol. The Bertz CT molecular complexity index is 484. The molecule has 2 aromatic rings. The molecule has 90 valence electrons. The highest BCUT2D eigenvalue weighted by molar-refractivity contribution is 6.31. The standard InChI is InChI=1S/C13H13ClFNO/c1-16-12(10-5-6-17-8-10)7-9-3-2-4-11(15)13(9)14/h2-6,8,12,16H,7H2,1H3. The zero-order chi connectivity index (χ0) is 12.3. The van der Waals surface area contributed by atoms with Crippen LogP contribution in [-0.4, -0.2) is 7.05 Å². The molecule has 2 rings (SSSR count). The van der Waals surface area contributed by atoms with Crippen LogP contribution >= 0.6 is 11.6 Å². The van der Waals surface area contributed by atoms with Gasteiger partial charge in [-0.05, 0) is 31.2 Å². The molecule has 0 radical (unpaired) electrons. The van der Waals surface area contributed by atoms with Gasteiger partial charge in [-0.25, -0.2) is 4.39 Å². The van der Waals surface area contributed by atoms with E-state index >= 15 is 0 Å². The summed E-state index contributed by atoms with van der Waals surface area (Å²) in [6.07, 6.45) is 3.91. The summed E-state index contributed by atoms with van der Waals surface area (Å²) >= 11 is 5.93. The molecule has 1 aromatic carbocycles. The van der Waals surface area contributed by atoms with Crippen LogP contribution in [0.2, 0.25) is 5.02 Å². The van der Waals surface area contributed by atoms with Gasteiger partial charge in [0.1, 0.15) is 5.82 Å². The Balaban J connectivity index is 2.22. The van der Waals surface area contributed by atoms with Crippen molar-refractivity contribution in [1.82, 2.24) is 5.32 Å². The molecular formula is C13H13ClFNO. The molecule has 1 unspecified atom stereocenters. The summed E-state index contributed by atoms with van der Waals surface area (Å²) in [6, 6.07) is 6.80. The molecule has 0 amide bonds. The second-order valence-electron chi connectivity index (χ2n) is 3.82. The summed E-state index contributed by atoms with van der Waals surface area (Å²) < 4.78 is 18.3. The second kappa shape index (κ2) is 5.34. The van der Waals surface area contributed by atoms with Crippen molar-refractivity contribution in [2.45, 2.75) is 12.5 Å². The zero-order valence-electron chi connectivity index (χ0n) is 9.41. The van der Waals surface area contributed by atoms with Crippen LogP contribution in [0.25, 0.3) is 0 Å². The molecule has 0 aliphatic heterocycles. The van der Waals surface area contributed by atoms with Crippen molar-refractivity contribution in [3.8, 4) is 0 Å². The van der Waals surface area contributed by atoms with E-state index in [0.717, 1.165) is 11.1 Å². The van der Waals surface area contributed by atoms with E-state index in [9.17, 15) is 4.39 Å². The Morgan fingerprint density at radius 3 is 2.88 bits per heavy atom. The molecule has 17 heavy (non-hydrogen) atoms. The van der Waals surface area contributed by atoms with Crippen molar-refractivity contribution in [3.05, 3.63) is 58.8 Å². The number of furan rings is 1. The maximum atomic E-state index is 13.3. The van der Waals surface area contributed by atoms with E-state index in [1.54, 1.807) is 18.6 Å². The highest BCUT2D eigenvalue weighted by atomic mass is 35.5. The van der Waals surface area contributed by atoms with E-state index in [1.165, 1.54) is 6.07 Å². The van der Waals surface area contributed by atoms with Gasteiger partial charge in [0.05, 0.1) is 17.5 Å². The minimum atomic E-state index is -0.383. The van der Waals surface area contributed by atoms with Gasteiger partial charge in [-0.15, -0.1) is 0 Å². The van der Waals surface area contributed by atoms with Crippen LogP contribution in [0.4, 0.5) is 4.39 Å². The second-order valence-corrected chi connectivity index (χ2v) is 4.19. The van der Waals surface area contributed by atoms with Crippen LogP contribution in [0.5, 0.6) is 0 Å². The van der Waals surface area contributed by atoms with Crippen molar-refractivity contribution < 1.29 is 8.81 Å². The van der Waals surface area contributed by atoms with Crippen molar-refractivity contribution in [1.29, 1.82) is 0 Å². The molecule has 0 bridgehead atoms. The third-order valence-corrected chi connectivity index (χ3v) is 3.17. The van der Waals surface area contributed by atoms with Crippen LogP contribution < -0.4 is 5.32 Å². The molecule has 2 nitrogen and oxygen atoms in total. The van der Waals surface area contributed by atoms with Crippen LogP contribution in [0, 0.1) is 5.82 Å². The smallest absolute Gasteiger partial charge is 0.142 e. The van der Waals surface area contributed by atoms with Crippen molar-refractivity contribution >= 4 is 11.6 Å². The zero-order valence-corrected chi connectivity index (χ0v) is 10.2. The number of nitrogens with one attached hydrogen (secondary N) is 1. The number of hydrogen-bond donors (Lipinski definition) is 1. The molecule has 0 fully saturated rings. The highest BCUT2D eigenvalue weighted by Gasteiger charge is 2.14. The predicted octanol–water partition coefficient (Wildman–Crippen LogP) is 3.58. The van der Waals surface area contributed by atoms with Crippen molar-refractivity contribution in [2.24, 2.45) is 0 Å². The Morgan fingerprint density at radius 1 is 1.41 bits per heavy atom. The largest absolute Gasteiger partial charge is 0.472 e. The van der Waals surface area contributed by atoms with Gasteiger partial charge in [0.25, 0.3) is 0 Å². The first-order valence-electron chi connectivity index (χ1n) is 5.34. The lowest BCUT2D eigenvalue weighted by Crippen LogP contribution is -2.18. The Hall–Kier alpha value is -1.32. The minimum absolute atomic E-state index is 0.0630. The van der Waals surface area contributed by atoms with Crippen LogP contribution in [-0.2, 0) is 6.42 Å². The summed E-state index contributed by atoms with van der Waals surface area (Å²) in [5, 5.41) is 3.35. The van der Waals surface area contributed by atoms with E-state index < -0.39 is 0 Å². The fourth-order valence-electron chi connectivity index (χ4n) is 1.79. The maximum absolute atomic E-state index is 13.3. The molecule has 0 aliphatic carbocycles. The van der Waals surface area contributed by atoms with Gasteiger partial charge in [-0.3, -0.25) is 0 Å². The van der Waals surface area contributed by atoms with Gasteiger partial charge < -0.3 is 9.73 Å². The highest BCUT2D eigenvalue weighted by Crippen LogP contribution is 2.25. The van der Waals surface area contributed by atoms with E-state index in [0.29, 0.717) is 6.42 Å². The third-order valence-electron chi connectivity index (χ3n) is 2.75. The minimum Gasteiger partial charge on any atom is -0.472 e. The molecule has 0 aliphatic rings. The first kappa shape index (κ1) is 12.1. The van der Waals surface area contributed by atoms with E-state index in [4.69, 9.17) is 16.0 Å². The van der Waals surface area contributed by atoms with Gasteiger partial charge in [-0.2, -0.15) is 0 Å². The molecule has 1 heterocycles. The van der Waals surface area contributed by atoms with E-state index in [-0.39, 0.29) is 16.9 Å². The van der Waals surface area contributed by atoms with Gasteiger partial charge >= 0.3 is 0 Å². The van der Waals surface area contributed by atoms with Crippen LogP contribution in [0.3, 0.4) is 0 Å². The van der Waals surface area contributed by atoms with Crippen molar-refractivity contribution in [2.75, 3.05) is 7.05 Å². The van der Waals surface area contributed by atoms with Crippen LogP contribution in [0.1, 0.15) is 17.2 Å². The molecule has 1 atom stereocenters. The Morgan fingerprint density at radius 2 is 2.24 bits per heavy atom. The fourth-order valence-corrected chi connectivity index (χ4v) is 1.99. The molecule has 0 spiro atoms. The SMILES string of the molecule is CNC(Cc1cccc(F)c1Cl)c1ccoc1. The van der Waals surface area contributed by atoms with Crippen molar-refractivity contribution in [3.63, 3.8) is 0 Å². The lowest BCUT2D eigenvalue weighted by molar-refractivity contribution is 0.541. The number of hydrogen-bond acceptors (Lipinski definition) is 2. The lowest BCUT2D eigenvalue weighted by atomic mass is 10.0. The van der Waals surface area contributed by atoms with Gasteiger partial charge in [-0.1, -0.05) is 23.7 Å². The summed E-state index contributed by atoms with van der Waals surface area (Å²) in [6.45, 7) is 0. The summed E-state index contributed by atoms with van der Waals surface area (Å²) in [5.74, 6) is -0.383. The molecule has 1 aromatic heterocycles. The molecule has 4 heteroatoms. The average Bonchev–Trinajstić information content (AvgIpc) is 2.85. The number of rotatable bonds is 4. The number of likely N-dealkylation sites (N-methyl/N-ethyl adjacent to an activating group) is 1. The van der Waals surface area contributed by atoms with Gasteiger partial charge in [0.2, 0.25) is 0 Å². The lowest BCUT2D eigenvalue weighted by Gasteiger charge is -2.15. The topological polar surface area (TPSA) is 25.2 Å². The Labute approximate surface area is 104 Å². The fraction of sp³-hybridized carbons (Fsp3) is 0.231. The molecule has 0 saturated heterocycles. The molecule has 1 N–H and O–H groups in total. The summed E-state index contributed by atoms with van der Waals surface area (Å²) in [7, 11) is 1.85. The summed E-state index contributed by atoms with van der Waals surface area (Å²) in [4.78, 5) is 0. The Kier molecular flexibility index (Phi) is 3.82. The van der Waals surface area contributed by atoms with Crippen LogP contribution in [0.15, 0.2) is 41.2 Å². The maximum Gasteiger partial charge on any atom is 0.142 e. The van der Waals surface area contributed by atoms with E-state index in [2.05, 4.69) is 5.32 Å².